The largest absolute Gasteiger partial charge is 0.486 e. The molecular weight excluding hydrogens is 515 g/mol. The van der Waals surface area contributed by atoms with Crippen LogP contribution in [0.25, 0.3) is 10.9 Å². The molecule has 1 aromatic heterocycles. The van der Waals surface area contributed by atoms with Gasteiger partial charge in [0, 0.05) is 40.5 Å². The van der Waals surface area contributed by atoms with Gasteiger partial charge < -0.3 is 19.8 Å². The van der Waals surface area contributed by atoms with Crippen LogP contribution < -0.4 is 25.0 Å². The van der Waals surface area contributed by atoms with Crippen molar-refractivity contribution >= 4 is 40.0 Å². The van der Waals surface area contributed by atoms with Crippen LogP contribution in [0.5, 0.6) is 11.5 Å². The van der Waals surface area contributed by atoms with Gasteiger partial charge in [-0.3, -0.25) is 19.7 Å². The van der Waals surface area contributed by atoms with E-state index in [1.807, 2.05) is 30.5 Å². The quantitative estimate of drug-likeness (QED) is 0.346. The third-order valence-electron chi connectivity index (χ3n) is 8.58. The lowest BCUT2D eigenvalue weighted by molar-refractivity contribution is -0.130. The number of H-pyrrole nitrogens is 1. The topological polar surface area (TPSA) is 113 Å². The van der Waals surface area contributed by atoms with Crippen LogP contribution in [0.15, 0.2) is 66.9 Å². The molecule has 3 amide bonds. The summed E-state index contributed by atoms with van der Waals surface area (Å²) < 4.78 is 25.9. The smallest absolute Gasteiger partial charge is 0.250 e. The summed E-state index contributed by atoms with van der Waals surface area (Å²) in [5, 5.41) is 7.19. The third kappa shape index (κ3) is 3.02. The van der Waals surface area contributed by atoms with Crippen molar-refractivity contribution in [3.8, 4) is 11.5 Å². The van der Waals surface area contributed by atoms with E-state index in [1.54, 1.807) is 18.2 Å². The monoisotopic (exact) mass is 538 g/mol. The Morgan fingerprint density at radius 3 is 2.65 bits per heavy atom. The molecule has 10 heteroatoms. The zero-order valence-electron chi connectivity index (χ0n) is 21.1. The SMILES string of the molecule is O=C1[C@@H]2[C@H](Cc3c[nH]c4ccccc34)N[C@]3(C(=O)Nc4ccc(F)cc43)[C@@H]2C(=O)N1c1ccc2c(c1)OCCO2. The van der Waals surface area contributed by atoms with Gasteiger partial charge in [0.25, 0.3) is 0 Å². The molecule has 4 aromatic rings. The molecule has 5 heterocycles. The molecule has 8 rings (SSSR count). The number of ether oxygens (including phenoxy) is 2. The standard InChI is InChI=1S/C30H23FN4O5/c31-16-5-7-21-19(12-16)30(29(38)33-21)26-25(22(34-30)11-15-14-32-20-4-2-1-3-18(15)20)27(36)35(28(26)37)17-6-8-23-24(13-17)40-10-9-39-23/h1-8,12-14,22,25-26,32,34H,9-11H2,(H,33,38)/t22-,25+,26-,30-/m0/s1. The summed E-state index contributed by atoms with van der Waals surface area (Å²) in [6, 6.07) is 16.2. The highest BCUT2D eigenvalue weighted by molar-refractivity contribution is 6.26. The molecule has 3 aromatic carbocycles. The molecule has 4 atom stereocenters. The van der Waals surface area contributed by atoms with Crippen molar-refractivity contribution in [2.45, 2.75) is 18.0 Å². The van der Waals surface area contributed by atoms with E-state index in [2.05, 4.69) is 15.6 Å². The highest BCUT2D eigenvalue weighted by atomic mass is 19.1. The maximum Gasteiger partial charge on any atom is 0.250 e. The summed E-state index contributed by atoms with van der Waals surface area (Å²) in [6.07, 6.45) is 2.26. The average molecular weight is 539 g/mol. The average Bonchev–Trinajstić information content (AvgIpc) is 3.67. The number of imide groups is 1. The second kappa shape index (κ2) is 8.15. The fourth-order valence-electron chi connectivity index (χ4n) is 6.91. The van der Waals surface area contributed by atoms with Gasteiger partial charge in [0.2, 0.25) is 17.7 Å². The van der Waals surface area contributed by atoms with Gasteiger partial charge in [-0.05, 0) is 48.4 Å². The first-order chi connectivity index (χ1) is 19.5. The molecule has 4 aliphatic rings. The maximum atomic E-state index is 14.6. The number of para-hydroxylation sites is 1. The van der Waals surface area contributed by atoms with Crippen molar-refractivity contribution in [3.05, 3.63) is 83.8 Å². The van der Waals surface area contributed by atoms with Crippen LogP contribution in [0.3, 0.4) is 0 Å². The van der Waals surface area contributed by atoms with Crippen LogP contribution in [0.4, 0.5) is 15.8 Å². The molecule has 200 valence electrons. The fraction of sp³-hybridized carbons (Fsp3) is 0.233. The summed E-state index contributed by atoms with van der Waals surface area (Å²) in [5.74, 6) is -2.92. The number of halogens is 1. The second-order valence-electron chi connectivity index (χ2n) is 10.6. The van der Waals surface area contributed by atoms with E-state index in [-0.39, 0.29) is 0 Å². The molecule has 2 saturated heterocycles. The lowest BCUT2D eigenvalue weighted by Gasteiger charge is -2.30. The summed E-state index contributed by atoms with van der Waals surface area (Å²) in [5.41, 5.74) is 1.38. The first-order valence-electron chi connectivity index (χ1n) is 13.2. The number of benzene rings is 3. The van der Waals surface area contributed by atoms with E-state index >= 15 is 0 Å². The minimum absolute atomic E-state index is 0.333. The van der Waals surface area contributed by atoms with Crippen LogP contribution in [0, 0.1) is 17.7 Å². The number of aromatic nitrogens is 1. The van der Waals surface area contributed by atoms with Gasteiger partial charge >= 0.3 is 0 Å². The van der Waals surface area contributed by atoms with Gasteiger partial charge in [0.05, 0.1) is 17.5 Å². The Morgan fingerprint density at radius 2 is 1.77 bits per heavy atom. The summed E-state index contributed by atoms with van der Waals surface area (Å²) in [6.45, 7) is 0.763. The minimum atomic E-state index is -1.60. The molecule has 40 heavy (non-hydrogen) atoms. The Bertz CT molecular complexity index is 1770. The molecule has 0 radical (unpaired) electrons. The van der Waals surface area contributed by atoms with E-state index in [9.17, 15) is 18.8 Å². The number of carbonyl (C=O) groups is 3. The van der Waals surface area contributed by atoms with Gasteiger partial charge in [-0.25, -0.2) is 9.29 Å². The Morgan fingerprint density at radius 1 is 0.950 bits per heavy atom. The number of fused-ring (bicyclic) bond motifs is 6. The molecule has 0 bridgehead atoms. The van der Waals surface area contributed by atoms with Crippen molar-refractivity contribution < 1.29 is 28.2 Å². The number of nitrogens with zero attached hydrogens (tertiary/aromatic N) is 1. The van der Waals surface area contributed by atoms with Crippen molar-refractivity contribution in [1.29, 1.82) is 0 Å². The highest BCUT2D eigenvalue weighted by Gasteiger charge is 2.70. The molecule has 0 aliphatic carbocycles. The normalized spacial score (nSPS) is 26.5. The number of aromatic amines is 1. The number of carbonyl (C=O) groups excluding carboxylic acids is 3. The first-order valence-corrected chi connectivity index (χ1v) is 13.2. The predicted molar refractivity (Wildman–Crippen MR) is 143 cm³/mol. The van der Waals surface area contributed by atoms with E-state index < -0.39 is 47.0 Å². The number of amides is 3. The molecule has 4 aliphatic heterocycles. The number of rotatable bonds is 3. The summed E-state index contributed by atoms with van der Waals surface area (Å²) in [7, 11) is 0. The van der Waals surface area contributed by atoms with E-state index in [1.165, 1.54) is 18.2 Å². The molecule has 3 N–H and O–H groups in total. The summed E-state index contributed by atoms with van der Waals surface area (Å²) in [4.78, 5) is 46.5. The zero-order chi connectivity index (χ0) is 27.2. The third-order valence-corrected chi connectivity index (χ3v) is 8.58. The van der Waals surface area contributed by atoms with E-state index in [4.69, 9.17) is 9.47 Å². The zero-order valence-corrected chi connectivity index (χ0v) is 21.1. The summed E-state index contributed by atoms with van der Waals surface area (Å²) >= 11 is 0. The van der Waals surface area contributed by atoms with Crippen molar-refractivity contribution in [3.63, 3.8) is 0 Å². The lowest BCUT2D eigenvalue weighted by atomic mass is 9.76. The maximum absolute atomic E-state index is 14.6. The molecule has 2 fully saturated rings. The Hall–Kier alpha value is -4.70. The highest BCUT2D eigenvalue weighted by Crippen LogP contribution is 2.54. The van der Waals surface area contributed by atoms with Crippen molar-refractivity contribution in [1.82, 2.24) is 10.3 Å². The molecule has 9 nitrogen and oxygen atoms in total. The second-order valence-corrected chi connectivity index (χ2v) is 10.6. The number of anilines is 2. The Labute approximate surface area is 227 Å². The van der Waals surface area contributed by atoms with Gasteiger partial charge in [0.1, 0.15) is 24.6 Å². The van der Waals surface area contributed by atoms with Gasteiger partial charge in [0.15, 0.2) is 11.5 Å². The van der Waals surface area contributed by atoms with Crippen LogP contribution in [0.2, 0.25) is 0 Å². The van der Waals surface area contributed by atoms with Crippen LogP contribution >= 0.6 is 0 Å². The van der Waals surface area contributed by atoms with Gasteiger partial charge in [-0.1, -0.05) is 18.2 Å². The van der Waals surface area contributed by atoms with Crippen LogP contribution in [0.1, 0.15) is 11.1 Å². The van der Waals surface area contributed by atoms with Crippen LogP contribution in [-0.4, -0.2) is 42.0 Å². The van der Waals surface area contributed by atoms with Crippen LogP contribution in [-0.2, 0) is 26.3 Å². The van der Waals surface area contributed by atoms with E-state index in [0.29, 0.717) is 48.1 Å². The van der Waals surface area contributed by atoms with Crippen molar-refractivity contribution in [2.24, 2.45) is 11.8 Å². The van der Waals surface area contributed by atoms with E-state index in [0.717, 1.165) is 21.4 Å². The molecule has 1 spiro atoms. The Balaban J connectivity index is 1.27. The number of hydrogen-bond donors (Lipinski definition) is 3. The fourth-order valence-corrected chi connectivity index (χ4v) is 6.91. The number of nitrogens with one attached hydrogen (secondary N) is 3. The lowest BCUT2D eigenvalue weighted by Crippen LogP contribution is -2.53. The minimum Gasteiger partial charge on any atom is -0.486 e. The molecular formula is C30H23FN4O5. The number of hydrogen-bond acceptors (Lipinski definition) is 6. The van der Waals surface area contributed by atoms with Crippen molar-refractivity contribution in [2.75, 3.05) is 23.4 Å². The Kier molecular flexibility index (Phi) is 4.73. The molecule has 0 unspecified atom stereocenters. The first kappa shape index (κ1) is 23.2. The predicted octanol–water partition coefficient (Wildman–Crippen LogP) is 3.25. The molecule has 0 saturated carbocycles. The van der Waals surface area contributed by atoms with Gasteiger partial charge in [-0.15, -0.1) is 0 Å². The van der Waals surface area contributed by atoms with Gasteiger partial charge in [-0.2, -0.15) is 0 Å².